The second-order valence-corrected chi connectivity index (χ2v) is 5.89. The Labute approximate surface area is 126 Å². The predicted octanol–water partition coefficient (Wildman–Crippen LogP) is 1.95. The lowest BCUT2D eigenvalue weighted by Crippen LogP contribution is -2.60. The molecule has 1 atom stereocenters. The van der Waals surface area contributed by atoms with E-state index in [2.05, 4.69) is 21.2 Å². The Morgan fingerprint density at radius 2 is 2.10 bits per heavy atom. The minimum atomic E-state index is -0.491. The van der Waals surface area contributed by atoms with Crippen molar-refractivity contribution in [1.82, 2.24) is 5.32 Å². The Balaban J connectivity index is 2.40. The summed E-state index contributed by atoms with van der Waals surface area (Å²) in [5.41, 5.74) is 0.648. The second kappa shape index (κ2) is 5.83. The summed E-state index contributed by atoms with van der Waals surface area (Å²) in [5.74, 6) is 0.424. The molecule has 0 saturated carbocycles. The van der Waals surface area contributed by atoms with Crippen molar-refractivity contribution in [2.75, 3.05) is 18.6 Å². The fourth-order valence-electron chi connectivity index (χ4n) is 2.15. The Bertz CT molecular complexity index is 545. The van der Waals surface area contributed by atoms with E-state index >= 15 is 0 Å². The number of methoxy groups -OCH3 is 1. The third-order valence-corrected chi connectivity index (χ3v) is 3.93. The number of amides is 2. The number of rotatable bonds is 3. The predicted molar refractivity (Wildman–Crippen MR) is 79.8 cm³/mol. The average Bonchev–Trinajstić information content (AvgIpc) is 2.41. The van der Waals surface area contributed by atoms with Crippen LogP contribution in [0, 0.1) is 5.92 Å². The number of halogens is 1. The Hall–Kier alpha value is -1.56. The van der Waals surface area contributed by atoms with Crippen molar-refractivity contribution in [3.8, 4) is 5.75 Å². The van der Waals surface area contributed by atoms with Gasteiger partial charge in [-0.25, -0.2) is 0 Å². The Kier molecular flexibility index (Phi) is 4.32. The monoisotopic (exact) mass is 340 g/mol. The van der Waals surface area contributed by atoms with Crippen LogP contribution in [0.3, 0.4) is 0 Å². The molecule has 6 heteroatoms. The molecular formula is C14H17BrN2O3. The van der Waals surface area contributed by atoms with E-state index in [1.807, 2.05) is 13.8 Å². The van der Waals surface area contributed by atoms with E-state index in [1.54, 1.807) is 25.3 Å². The van der Waals surface area contributed by atoms with Gasteiger partial charge < -0.3 is 10.1 Å². The molecule has 1 aromatic rings. The molecule has 1 aliphatic rings. The van der Waals surface area contributed by atoms with E-state index in [1.165, 1.54) is 4.90 Å². The molecule has 2 amide bonds. The lowest BCUT2D eigenvalue weighted by atomic mass is 10.0. The molecule has 1 aliphatic heterocycles. The molecule has 108 valence electrons. The molecule has 1 aromatic carbocycles. The van der Waals surface area contributed by atoms with Crippen molar-refractivity contribution in [2.45, 2.75) is 19.9 Å². The molecular weight excluding hydrogens is 324 g/mol. The Morgan fingerprint density at radius 1 is 1.40 bits per heavy atom. The molecule has 0 aliphatic carbocycles. The molecule has 0 spiro atoms. The van der Waals surface area contributed by atoms with E-state index in [0.717, 1.165) is 4.47 Å². The third-order valence-electron chi connectivity index (χ3n) is 3.26. The standard InChI is InChI=1S/C14H17BrN2O3/c1-8(2)13-14(19)17(7-12(18)16-13)11-6-9(20-3)4-5-10(11)15/h4-6,8,13H,7H2,1-3H3,(H,16,18). The number of benzene rings is 1. The zero-order valence-electron chi connectivity index (χ0n) is 11.6. The summed E-state index contributed by atoms with van der Waals surface area (Å²) in [6.07, 6.45) is 0. The summed E-state index contributed by atoms with van der Waals surface area (Å²) >= 11 is 3.42. The van der Waals surface area contributed by atoms with Gasteiger partial charge >= 0.3 is 0 Å². The maximum Gasteiger partial charge on any atom is 0.250 e. The zero-order chi connectivity index (χ0) is 14.9. The number of carbonyl (C=O) groups is 2. The molecule has 0 aromatic heterocycles. The number of ether oxygens (including phenoxy) is 1. The van der Waals surface area contributed by atoms with Crippen LogP contribution in [-0.2, 0) is 9.59 Å². The van der Waals surface area contributed by atoms with E-state index in [0.29, 0.717) is 11.4 Å². The normalized spacial score (nSPS) is 19.2. The van der Waals surface area contributed by atoms with E-state index in [-0.39, 0.29) is 24.3 Å². The molecule has 1 fully saturated rings. The highest BCUT2D eigenvalue weighted by molar-refractivity contribution is 9.10. The molecule has 0 radical (unpaired) electrons. The summed E-state index contributed by atoms with van der Waals surface area (Å²) < 4.78 is 5.93. The van der Waals surface area contributed by atoms with Crippen LogP contribution in [0.15, 0.2) is 22.7 Å². The SMILES string of the molecule is COc1ccc(Br)c(N2CC(=O)NC(C(C)C)C2=O)c1. The van der Waals surface area contributed by atoms with Crippen LogP contribution < -0.4 is 15.0 Å². The second-order valence-electron chi connectivity index (χ2n) is 5.03. The van der Waals surface area contributed by atoms with Crippen molar-refractivity contribution >= 4 is 33.4 Å². The topological polar surface area (TPSA) is 58.6 Å². The molecule has 1 N–H and O–H groups in total. The largest absolute Gasteiger partial charge is 0.497 e. The van der Waals surface area contributed by atoms with E-state index < -0.39 is 6.04 Å². The summed E-state index contributed by atoms with van der Waals surface area (Å²) in [6.45, 7) is 3.84. The van der Waals surface area contributed by atoms with Gasteiger partial charge in [-0.2, -0.15) is 0 Å². The summed E-state index contributed by atoms with van der Waals surface area (Å²) in [4.78, 5) is 25.8. The highest BCUT2D eigenvalue weighted by Crippen LogP contribution is 2.32. The first-order chi connectivity index (χ1) is 9.43. The molecule has 20 heavy (non-hydrogen) atoms. The first kappa shape index (κ1) is 14.8. The van der Waals surface area contributed by atoms with Crippen molar-refractivity contribution in [2.24, 2.45) is 5.92 Å². The number of carbonyl (C=O) groups excluding carboxylic acids is 2. The van der Waals surface area contributed by atoms with Gasteiger partial charge in [0.25, 0.3) is 0 Å². The fourth-order valence-corrected chi connectivity index (χ4v) is 2.61. The van der Waals surface area contributed by atoms with Gasteiger partial charge in [0.15, 0.2) is 0 Å². The molecule has 1 saturated heterocycles. The highest BCUT2D eigenvalue weighted by Gasteiger charge is 2.36. The van der Waals surface area contributed by atoms with Gasteiger partial charge in [-0.05, 0) is 34.0 Å². The number of piperazine rings is 1. The molecule has 0 bridgehead atoms. The first-order valence-corrected chi connectivity index (χ1v) is 7.17. The van der Waals surface area contributed by atoms with Crippen LogP contribution in [0.2, 0.25) is 0 Å². The summed E-state index contributed by atoms with van der Waals surface area (Å²) in [7, 11) is 1.56. The van der Waals surface area contributed by atoms with Gasteiger partial charge in [-0.15, -0.1) is 0 Å². The maximum atomic E-state index is 12.5. The lowest BCUT2D eigenvalue weighted by Gasteiger charge is -2.34. The first-order valence-electron chi connectivity index (χ1n) is 6.38. The van der Waals surface area contributed by atoms with Crippen LogP contribution >= 0.6 is 15.9 Å². The van der Waals surface area contributed by atoms with E-state index in [4.69, 9.17) is 4.74 Å². The van der Waals surface area contributed by atoms with Crippen LogP contribution in [0.25, 0.3) is 0 Å². The zero-order valence-corrected chi connectivity index (χ0v) is 13.2. The highest BCUT2D eigenvalue weighted by atomic mass is 79.9. The molecule has 1 unspecified atom stereocenters. The molecule has 5 nitrogen and oxygen atoms in total. The smallest absolute Gasteiger partial charge is 0.250 e. The number of anilines is 1. The van der Waals surface area contributed by atoms with Gasteiger partial charge in [-0.1, -0.05) is 13.8 Å². The van der Waals surface area contributed by atoms with Crippen LogP contribution in [0.4, 0.5) is 5.69 Å². The van der Waals surface area contributed by atoms with Crippen LogP contribution in [-0.4, -0.2) is 31.5 Å². The van der Waals surface area contributed by atoms with Crippen molar-refractivity contribution < 1.29 is 14.3 Å². The Morgan fingerprint density at radius 3 is 2.70 bits per heavy atom. The van der Waals surface area contributed by atoms with Gasteiger partial charge in [-0.3, -0.25) is 14.5 Å². The average molecular weight is 341 g/mol. The maximum absolute atomic E-state index is 12.5. The lowest BCUT2D eigenvalue weighted by molar-refractivity contribution is -0.132. The quantitative estimate of drug-likeness (QED) is 0.914. The third kappa shape index (κ3) is 2.80. The summed E-state index contributed by atoms with van der Waals surface area (Å²) in [5, 5.41) is 2.74. The summed E-state index contributed by atoms with van der Waals surface area (Å²) in [6, 6.07) is 4.85. The minimum absolute atomic E-state index is 0.0216. The van der Waals surface area contributed by atoms with Gasteiger partial charge in [0, 0.05) is 10.5 Å². The number of hydrogen-bond acceptors (Lipinski definition) is 3. The number of hydrogen-bond donors (Lipinski definition) is 1. The van der Waals surface area contributed by atoms with Gasteiger partial charge in [0.1, 0.15) is 18.3 Å². The van der Waals surface area contributed by atoms with Crippen molar-refractivity contribution in [3.63, 3.8) is 0 Å². The van der Waals surface area contributed by atoms with Crippen molar-refractivity contribution in [3.05, 3.63) is 22.7 Å². The van der Waals surface area contributed by atoms with Gasteiger partial charge in [0.05, 0.1) is 12.8 Å². The molecule has 1 heterocycles. The number of nitrogens with one attached hydrogen (secondary N) is 1. The fraction of sp³-hybridized carbons (Fsp3) is 0.429. The number of nitrogens with zero attached hydrogens (tertiary/aromatic N) is 1. The van der Waals surface area contributed by atoms with Crippen molar-refractivity contribution in [1.29, 1.82) is 0 Å². The molecule has 2 rings (SSSR count). The van der Waals surface area contributed by atoms with Gasteiger partial charge in [0.2, 0.25) is 11.8 Å². The van der Waals surface area contributed by atoms with Crippen LogP contribution in [0.5, 0.6) is 5.75 Å². The minimum Gasteiger partial charge on any atom is -0.497 e. The van der Waals surface area contributed by atoms with Crippen LogP contribution in [0.1, 0.15) is 13.8 Å². The van der Waals surface area contributed by atoms with E-state index in [9.17, 15) is 9.59 Å².